The number of hydrogen-bond acceptors (Lipinski definition) is 2. The smallest absolute Gasteiger partial charge is 0.158 e. The molecule has 0 radical (unpaired) electrons. The molecule has 1 heterocycles. The van der Waals surface area contributed by atoms with E-state index in [0.29, 0.717) is 13.0 Å². The Kier molecular flexibility index (Phi) is 2.21. The fraction of sp³-hybridized carbons (Fsp3) is 1.00. The average molecular weight is 150 g/mol. The van der Waals surface area contributed by atoms with Crippen LogP contribution in [0.3, 0.4) is 0 Å². The third-order valence-electron chi connectivity index (χ3n) is 1.57. The van der Waals surface area contributed by atoms with Gasteiger partial charge in [-0.15, -0.1) is 0 Å². The molecule has 0 amide bonds. The second-order valence-electron chi connectivity index (χ2n) is 2.18. The first-order chi connectivity index (χ1) is 4.22. The van der Waals surface area contributed by atoms with Gasteiger partial charge in [-0.25, -0.2) is 4.21 Å². The average Bonchev–Trinajstić information content (AvgIpc) is 2.13. The summed E-state index contributed by atoms with van der Waals surface area (Å²) in [5, 5.41) is -0.162. The van der Waals surface area contributed by atoms with Crippen LogP contribution in [0.5, 0.6) is 0 Å². The summed E-state index contributed by atoms with van der Waals surface area (Å²) in [6.07, 6.45) is 0.667. The summed E-state index contributed by atoms with van der Waals surface area (Å²) < 4.78 is 24.1. The maximum absolute atomic E-state index is 10.4. The summed E-state index contributed by atoms with van der Waals surface area (Å²) in [6, 6.07) is 0. The topological polar surface area (TPSA) is 46.5 Å². The van der Waals surface area contributed by atoms with Gasteiger partial charge >= 0.3 is 0 Å². The van der Waals surface area contributed by atoms with Crippen LogP contribution in [0.15, 0.2) is 0 Å². The van der Waals surface area contributed by atoms with Gasteiger partial charge in [-0.1, -0.05) is 0 Å². The zero-order chi connectivity index (χ0) is 6.85. The van der Waals surface area contributed by atoms with Gasteiger partial charge in [-0.3, -0.25) is 0 Å². The molecule has 0 aromatic heterocycles. The molecule has 1 aliphatic heterocycles. The van der Waals surface area contributed by atoms with Gasteiger partial charge in [0.25, 0.3) is 0 Å². The van der Waals surface area contributed by atoms with Crippen molar-refractivity contribution in [1.82, 2.24) is 0 Å². The predicted octanol–water partition coefficient (Wildman–Crippen LogP) is 0.386. The highest BCUT2D eigenvalue weighted by Crippen LogP contribution is 2.16. The van der Waals surface area contributed by atoms with Crippen molar-refractivity contribution in [2.45, 2.75) is 24.7 Å². The fourth-order valence-corrected chi connectivity index (χ4v) is 1.68. The largest absolute Gasteiger partial charge is 0.377 e. The van der Waals surface area contributed by atoms with E-state index in [1.165, 1.54) is 0 Å². The Labute approximate surface area is 56.7 Å². The number of hydrogen-bond donors (Lipinski definition) is 1. The third-order valence-corrected chi connectivity index (χ3v) is 2.70. The molecular weight excluding hydrogens is 140 g/mol. The summed E-state index contributed by atoms with van der Waals surface area (Å²) in [5.41, 5.74) is 0. The lowest BCUT2D eigenvalue weighted by Gasteiger charge is -2.07. The van der Waals surface area contributed by atoms with Crippen molar-refractivity contribution in [3.63, 3.8) is 0 Å². The van der Waals surface area contributed by atoms with Gasteiger partial charge in [0.2, 0.25) is 0 Å². The van der Waals surface area contributed by atoms with Gasteiger partial charge in [-0.05, 0) is 13.3 Å². The highest BCUT2D eigenvalue weighted by atomic mass is 32.2. The van der Waals surface area contributed by atoms with Crippen LogP contribution >= 0.6 is 0 Å². The van der Waals surface area contributed by atoms with Gasteiger partial charge in [0.05, 0.1) is 11.4 Å². The first-order valence-corrected chi connectivity index (χ1v) is 4.10. The SMILES string of the molecule is CC1OCCC1S(=O)O. The Morgan fingerprint density at radius 1 is 1.78 bits per heavy atom. The summed E-state index contributed by atoms with van der Waals surface area (Å²) in [7, 11) is 0. The monoisotopic (exact) mass is 150 g/mol. The fourth-order valence-electron chi connectivity index (χ4n) is 0.977. The highest BCUT2D eigenvalue weighted by molar-refractivity contribution is 7.80. The number of rotatable bonds is 1. The maximum atomic E-state index is 10.4. The highest BCUT2D eigenvalue weighted by Gasteiger charge is 2.28. The van der Waals surface area contributed by atoms with Crippen LogP contribution in [0.25, 0.3) is 0 Å². The maximum Gasteiger partial charge on any atom is 0.158 e. The van der Waals surface area contributed by atoms with Crippen LogP contribution in [-0.4, -0.2) is 26.7 Å². The lowest BCUT2D eigenvalue weighted by molar-refractivity contribution is 0.126. The minimum atomic E-state index is -1.70. The van der Waals surface area contributed by atoms with Crippen LogP contribution in [0.1, 0.15) is 13.3 Å². The summed E-state index contributed by atoms with van der Waals surface area (Å²) in [5.74, 6) is 0. The molecule has 0 aliphatic carbocycles. The van der Waals surface area contributed by atoms with Crippen molar-refractivity contribution < 1.29 is 13.5 Å². The lowest BCUT2D eigenvalue weighted by atomic mass is 10.3. The van der Waals surface area contributed by atoms with E-state index in [0.717, 1.165) is 0 Å². The van der Waals surface area contributed by atoms with E-state index in [9.17, 15) is 4.21 Å². The van der Waals surface area contributed by atoms with Gasteiger partial charge in [0.15, 0.2) is 11.1 Å². The van der Waals surface area contributed by atoms with Crippen molar-refractivity contribution >= 4 is 11.1 Å². The molecule has 1 fully saturated rings. The quantitative estimate of drug-likeness (QED) is 0.550. The predicted molar refractivity (Wildman–Crippen MR) is 34.6 cm³/mol. The van der Waals surface area contributed by atoms with Crippen molar-refractivity contribution in [3.8, 4) is 0 Å². The molecule has 3 unspecified atom stereocenters. The Morgan fingerprint density at radius 2 is 2.44 bits per heavy atom. The second kappa shape index (κ2) is 2.77. The summed E-state index contributed by atoms with van der Waals surface area (Å²) in [6.45, 7) is 2.45. The van der Waals surface area contributed by atoms with Crippen LogP contribution in [0.2, 0.25) is 0 Å². The van der Waals surface area contributed by atoms with E-state index in [2.05, 4.69) is 0 Å². The minimum absolute atomic E-state index is 0.0455. The van der Waals surface area contributed by atoms with Crippen LogP contribution < -0.4 is 0 Å². The molecule has 3 atom stereocenters. The summed E-state index contributed by atoms with van der Waals surface area (Å²) in [4.78, 5) is 0. The van der Waals surface area contributed by atoms with Gasteiger partial charge < -0.3 is 9.29 Å². The molecule has 0 spiro atoms. The molecule has 3 nitrogen and oxygen atoms in total. The van der Waals surface area contributed by atoms with E-state index in [4.69, 9.17) is 9.29 Å². The Hall–Kier alpha value is 0.0700. The zero-order valence-corrected chi connectivity index (χ0v) is 6.06. The first kappa shape index (κ1) is 7.18. The minimum Gasteiger partial charge on any atom is -0.377 e. The molecule has 0 bridgehead atoms. The molecule has 54 valence electrons. The van der Waals surface area contributed by atoms with Gasteiger partial charge in [0, 0.05) is 6.61 Å². The second-order valence-corrected chi connectivity index (χ2v) is 3.34. The van der Waals surface area contributed by atoms with Crippen molar-refractivity contribution in [2.24, 2.45) is 0 Å². The van der Waals surface area contributed by atoms with Crippen LogP contribution in [0, 0.1) is 0 Å². The standard InChI is InChI=1S/C5H10O3S/c1-4-5(9(6)7)2-3-8-4/h4-5H,2-3H2,1H3,(H,6,7). The molecule has 0 aromatic rings. The van der Waals surface area contributed by atoms with E-state index < -0.39 is 11.1 Å². The summed E-state index contributed by atoms with van der Waals surface area (Å²) >= 11 is -1.70. The molecule has 1 saturated heterocycles. The third kappa shape index (κ3) is 1.50. The van der Waals surface area contributed by atoms with Gasteiger partial charge in [-0.2, -0.15) is 0 Å². The molecule has 0 aromatic carbocycles. The van der Waals surface area contributed by atoms with E-state index in [1.807, 2.05) is 6.92 Å². The Morgan fingerprint density at radius 3 is 2.67 bits per heavy atom. The van der Waals surface area contributed by atoms with Gasteiger partial charge in [0.1, 0.15) is 0 Å². The number of ether oxygens (including phenoxy) is 1. The normalized spacial score (nSPS) is 38.9. The molecule has 1 N–H and O–H groups in total. The van der Waals surface area contributed by atoms with E-state index in [-0.39, 0.29) is 11.4 Å². The molecule has 9 heavy (non-hydrogen) atoms. The van der Waals surface area contributed by atoms with E-state index >= 15 is 0 Å². The molecule has 0 saturated carbocycles. The van der Waals surface area contributed by atoms with E-state index in [1.54, 1.807) is 0 Å². The molecule has 4 heteroatoms. The Balaban J connectivity index is 2.49. The zero-order valence-electron chi connectivity index (χ0n) is 5.24. The van der Waals surface area contributed by atoms with Crippen molar-refractivity contribution in [1.29, 1.82) is 0 Å². The Bertz CT molecular complexity index is 125. The lowest BCUT2D eigenvalue weighted by Crippen LogP contribution is -2.22. The van der Waals surface area contributed by atoms with Crippen molar-refractivity contribution in [2.75, 3.05) is 6.61 Å². The first-order valence-electron chi connectivity index (χ1n) is 2.93. The van der Waals surface area contributed by atoms with Crippen LogP contribution in [0.4, 0.5) is 0 Å². The van der Waals surface area contributed by atoms with Crippen molar-refractivity contribution in [3.05, 3.63) is 0 Å². The van der Waals surface area contributed by atoms with Crippen LogP contribution in [-0.2, 0) is 15.8 Å². The molecule has 1 aliphatic rings. The molecular formula is C5H10O3S. The molecule has 1 rings (SSSR count).